The Bertz CT molecular complexity index is 377. The first kappa shape index (κ1) is 16.8. The molecule has 0 spiro atoms. The van der Waals surface area contributed by atoms with E-state index in [9.17, 15) is 13.2 Å². The molecule has 0 unspecified atom stereocenters. The van der Waals surface area contributed by atoms with E-state index in [0.717, 1.165) is 17.7 Å². The first-order valence-electron chi connectivity index (χ1n) is 6.50. The van der Waals surface area contributed by atoms with E-state index < -0.39 is 12.8 Å². The van der Waals surface area contributed by atoms with Gasteiger partial charge in [0, 0.05) is 6.54 Å². The van der Waals surface area contributed by atoms with Crippen molar-refractivity contribution in [3.8, 4) is 5.75 Å². The van der Waals surface area contributed by atoms with Crippen molar-refractivity contribution >= 4 is 0 Å². The van der Waals surface area contributed by atoms with Crippen LogP contribution in [0.25, 0.3) is 0 Å². The van der Waals surface area contributed by atoms with Gasteiger partial charge in [-0.05, 0) is 30.0 Å². The Hall–Kier alpha value is -1.27. The van der Waals surface area contributed by atoms with Gasteiger partial charge in [-0.3, -0.25) is 4.84 Å². The van der Waals surface area contributed by atoms with Gasteiger partial charge in [0.15, 0.2) is 6.61 Å². The van der Waals surface area contributed by atoms with Crippen LogP contribution in [0.2, 0.25) is 0 Å². The third kappa shape index (κ3) is 8.01. The summed E-state index contributed by atoms with van der Waals surface area (Å²) < 4.78 is 41.0. The molecule has 0 amide bonds. The van der Waals surface area contributed by atoms with Crippen molar-refractivity contribution in [2.24, 2.45) is 5.92 Å². The van der Waals surface area contributed by atoms with Crippen LogP contribution >= 0.6 is 0 Å². The highest BCUT2D eigenvalue weighted by Gasteiger charge is 2.27. The fourth-order valence-electron chi connectivity index (χ4n) is 1.38. The van der Waals surface area contributed by atoms with E-state index >= 15 is 0 Å². The maximum Gasteiger partial charge on any atom is 0.413 e. The highest BCUT2D eigenvalue weighted by atomic mass is 19.4. The molecule has 0 atom stereocenters. The number of halogens is 3. The third-order valence-electron chi connectivity index (χ3n) is 2.50. The van der Waals surface area contributed by atoms with Crippen molar-refractivity contribution in [2.75, 3.05) is 13.2 Å². The van der Waals surface area contributed by atoms with Crippen molar-refractivity contribution in [3.05, 3.63) is 29.8 Å². The minimum atomic E-state index is -4.32. The third-order valence-corrected chi connectivity index (χ3v) is 2.50. The van der Waals surface area contributed by atoms with Crippen LogP contribution < -0.4 is 10.2 Å². The predicted octanol–water partition coefficient (Wildman–Crippen LogP) is 3.70. The molecule has 1 aromatic carbocycles. The van der Waals surface area contributed by atoms with Gasteiger partial charge in [0.05, 0.1) is 6.61 Å². The van der Waals surface area contributed by atoms with E-state index in [1.54, 1.807) is 24.3 Å². The number of hydrogen-bond acceptors (Lipinski definition) is 3. The molecule has 0 radical (unpaired) electrons. The average molecular weight is 291 g/mol. The monoisotopic (exact) mass is 291 g/mol. The van der Waals surface area contributed by atoms with Crippen molar-refractivity contribution in [2.45, 2.75) is 33.0 Å². The largest absolute Gasteiger partial charge is 0.494 e. The second-order valence-corrected chi connectivity index (χ2v) is 4.90. The highest BCUT2D eigenvalue weighted by molar-refractivity contribution is 5.27. The lowest BCUT2D eigenvalue weighted by atomic mass is 10.1. The van der Waals surface area contributed by atoms with E-state index in [4.69, 9.17) is 4.74 Å². The molecule has 114 valence electrons. The Balaban J connectivity index is 2.25. The van der Waals surface area contributed by atoms with E-state index in [1.165, 1.54) is 0 Å². The molecule has 1 rings (SSSR count). The number of ether oxygens (including phenoxy) is 1. The van der Waals surface area contributed by atoms with Gasteiger partial charge in [0.2, 0.25) is 0 Å². The van der Waals surface area contributed by atoms with Gasteiger partial charge in [-0.1, -0.05) is 26.0 Å². The zero-order chi connectivity index (χ0) is 15.0. The number of hydroxylamine groups is 1. The highest BCUT2D eigenvalue weighted by Crippen LogP contribution is 2.15. The molecule has 0 saturated heterocycles. The SMILES string of the molecule is CC(C)CCOc1ccc(CNOCC(F)(F)F)cc1. The molecule has 1 N–H and O–H groups in total. The Morgan fingerprint density at radius 3 is 2.35 bits per heavy atom. The number of alkyl halides is 3. The summed E-state index contributed by atoms with van der Waals surface area (Å²) >= 11 is 0. The van der Waals surface area contributed by atoms with Crippen molar-refractivity contribution in [1.29, 1.82) is 0 Å². The standard InChI is InChI=1S/C14H20F3NO2/c1-11(2)7-8-19-13-5-3-12(4-6-13)9-18-20-10-14(15,16)17/h3-6,11,18H,7-10H2,1-2H3. The summed E-state index contributed by atoms with van der Waals surface area (Å²) in [5, 5.41) is 0. The molecule has 20 heavy (non-hydrogen) atoms. The summed E-state index contributed by atoms with van der Waals surface area (Å²) in [6.07, 6.45) is -3.34. The van der Waals surface area contributed by atoms with Crippen molar-refractivity contribution in [1.82, 2.24) is 5.48 Å². The summed E-state index contributed by atoms with van der Waals surface area (Å²) in [6, 6.07) is 7.16. The topological polar surface area (TPSA) is 30.5 Å². The summed E-state index contributed by atoms with van der Waals surface area (Å²) in [7, 11) is 0. The van der Waals surface area contributed by atoms with E-state index in [0.29, 0.717) is 12.5 Å². The molecule has 0 aliphatic carbocycles. The molecule has 0 aromatic heterocycles. The molecule has 0 fully saturated rings. The molecular formula is C14H20F3NO2. The van der Waals surface area contributed by atoms with Crippen molar-refractivity contribution in [3.63, 3.8) is 0 Å². The van der Waals surface area contributed by atoms with Crippen LogP contribution in [-0.2, 0) is 11.4 Å². The molecule has 0 saturated carbocycles. The molecule has 0 bridgehead atoms. The van der Waals surface area contributed by atoms with Crippen LogP contribution in [0.1, 0.15) is 25.8 Å². The Morgan fingerprint density at radius 2 is 1.80 bits per heavy atom. The van der Waals surface area contributed by atoms with E-state index in [1.807, 2.05) is 0 Å². The van der Waals surface area contributed by atoms with E-state index in [-0.39, 0.29) is 6.54 Å². The lowest BCUT2D eigenvalue weighted by molar-refractivity contribution is -0.190. The molecule has 1 aromatic rings. The quantitative estimate of drug-likeness (QED) is 0.585. The Labute approximate surface area is 117 Å². The molecule has 0 heterocycles. The van der Waals surface area contributed by atoms with Gasteiger partial charge in [0.1, 0.15) is 5.75 Å². The van der Waals surface area contributed by atoms with E-state index in [2.05, 4.69) is 24.2 Å². The number of hydrogen-bond donors (Lipinski definition) is 1. The predicted molar refractivity (Wildman–Crippen MR) is 70.2 cm³/mol. The Kier molecular flexibility index (Phi) is 6.81. The van der Waals surface area contributed by atoms with Crippen LogP contribution in [-0.4, -0.2) is 19.4 Å². The molecular weight excluding hydrogens is 271 g/mol. The summed E-state index contributed by atoms with van der Waals surface area (Å²) in [4.78, 5) is 4.32. The Morgan fingerprint density at radius 1 is 1.15 bits per heavy atom. The zero-order valence-corrected chi connectivity index (χ0v) is 11.7. The second kappa shape index (κ2) is 8.11. The molecule has 3 nitrogen and oxygen atoms in total. The van der Waals surface area contributed by atoms with Crippen LogP contribution in [0.3, 0.4) is 0 Å². The second-order valence-electron chi connectivity index (χ2n) is 4.90. The minimum absolute atomic E-state index is 0.211. The maximum absolute atomic E-state index is 11.8. The summed E-state index contributed by atoms with van der Waals surface area (Å²) in [6.45, 7) is 3.81. The lowest BCUT2D eigenvalue weighted by Crippen LogP contribution is -2.24. The zero-order valence-electron chi connectivity index (χ0n) is 11.7. The lowest BCUT2D eigenvalue weighted by Gasteiger charge is -2.10. The smallest absolute Gasteiger partial charge is 0.413 e. The fourth-order valence-corrected chi connectivity index (χ4v) is 1.38. The summed E-state index contributed by atoms with van der Waals surface area (Å²) in [5.41, 5.74) is 3.10. The van der Waals surface area contributed by atoms with Gasteiger partial charge in [-0.25, -0.2) is 0 Å². The molecule has 0 aliphatic heterocycles. The fraction of sp³-hybridized carbons (Fsp3) is 0.571. The van der Waals surface area contributed by atoms with Gasteiger partial charge in [-0.15, -0.1) is 0 Å². The molecule has 0 aliphatic rings. The van der Waals surface area contributed by atoms with Crippen molar-refractivity contribution < 1.29 is 22.7 Å². The number of nitrogens with one attached hydrogen (secondary N) is 1. The number of benzene rings is 1. The van der Waals surface area contributed by atoms with Gasteiger partial charge in [0.25, 0.3) is 0 Å². The van der Waals surface area contributed by atoms with Crippen LogP contribution in [0.5, 0.6) is 5.75 Å². The van der Waals surface area contributed by atoms with Gasteiger partial charge < -0.3 is 4.74 Å². The minimum Gasteiger partial charge on any atom is -0.494 e. The first-order chi connectivity index (χ1) is 9.37. The van der Waals surface area contributed by atoms with Gasteiger partial charge in [-0.2, -0.15) is 18.7 Å². The normalized spacial score (nSPS) is 11.9. The maximum atomic E-state index is 11.8. The van der Waals surface area contributed by atoms with Crippen LogP contribution in [0, 0.1) is 5.92 Å². The summed E-state index contributed by atoms with van der Waals surface area (Å²) in [5.74, 6) is 1.34. The van der Waals surface area contributed by atoms with Gasteiger partial charge >= 0.3 is 6.18 Å². The average Bonchev–Trinajstić information content (AvgIpc) is 2.35. The van der Waals surface area contributed by atoms with Crippen LogP contribution in [0.4, 0.5) is 13.2 Å². The first-order valence-corrected chi connectivity index (χ1v) is 6.50. The number of rotatable bonds is 8. The molecule has 6 heteroatoms. The van der Waals surface area contributed by atoms with Crippen LogP contribution in [0.15, 0.2) is 24.3 Å².